The van der Waals surface area contributed by atoms with Crippen LogP contribution in [0.4, 0.5) is 10.5 Å². The van der Waals surface area contributed by atoms with Crippen LogP contribution in [0, 0.1) is 0 Å². The quantitative estimate of drug-likeness (QED) is 0.893. The topological polar surface area (TPSA) is 64.7 Å². The van der Waals surface area contributed by atoms with E-state index >= 15 is 0 Å². The minimum Gasteiger partial charge on any atom is -0.337 e. The number of nitrogens with zero attached hydrogens (tertiary/aromatic N) is 2. The summed E-state index contributed by atoms with van der Waals surface area (Å²) in [7, 11) is 2.08. The fourth-order valence-electron chi connectivity index (χ4n) is 2.74. The number of rotatable bonds is 3. The Morgan fingerprint density at radius 3 is 2.74 bits per heavy atom. The molecule has 23 heavy (non-hydrogen) atoms. The van der Waals surface area contributed by atoms with Crippen LogP contribution in [0.15, 0.2) is 24.3 Å². The van der Waals surface area contributed by atoms with Gasteiger partial charge in [-0.2, -0.15) is 0 Å². The van der Waals surface area contributed by atoms with E-state index in [9.17, 15) is 9.59 Å². The first-order valence-electron chi connectivity index (χ1n) is 8.27. The van der Waals surface area contributed by atoms with E-state index in [-0.39, 0.29) is 11.9 Å². The summed E-state index contributed by atoms with van der Waals surface area (Å²) >= 11 is 0. The number of likely N-dealkylation sites (N-methyl/N-ethyl adjacent to an activating group) is 1. The molecule has 1 heterocycles. The molecule has 1 aromatic rings. The van der Waals surface area contributed by atoms with Gasteiger partial charge in [-0.3, -0.25) is 4.79 Å². The van der Waals surface area contributed by atoms with Gasteiger partial charge in [-0.1, -0.05) is 6.07 Å². The van der Waals surface area contributed by atoms with E-state index in [1.54, 1.807) is 18.2 Å². The number of amides is 3. The molecule has 124 valence electrons. The highest BCUT2D eigenvalue weighted by atomic mass is 16.2. The third kappa shape index (κ3) is 4.45. The molecule has 0 unspecified atom stereocenters. The van der Waals surface area contributed by atoms with Gasteiger partial charge in [-0.15, -0.1) is 0 Å². The van der Waals surface area contributed by atoms with Crippen LogP contribution in [-0.2, 0) is 0 Å². The molecule has 6 nitrogen and oxygen atoms in total. The van der Waals surface area contributed by atoms with Crippen molar-refractivity contribution in [3.63, 3.8) is 0 Å². The zero-order valence-electron chi connectivity index (χ0n) is 13.5. The summed E-state index contributed by atoms with van der Waals surface area (Å²) in [6, 6.07) is 7.29. The number of anilines is 1. The molecular weight excluding hydrogens is 292 g/mol. The lowest BCUT2D eigenvalue weighted by atomic mass is 10.1. The van der Waals surface area contributed by atoms with E-state index in [0.717, 1.165) is 45.4 Å². The molecule has 0 aromatic heterocycles. The number of urea groups is 1. The maximum Gasteiger partial charge on any atom is 0.319 e. The molecule has 1 aliphatic heterocycles. The summed E-state index contributed by atoms with van der Waals surface area (Å²) in [6.07, 6.45) is 3.09. The summed E-state index contributed by atoms with van der Waals surface area (Å²) in [5, 5.41) is 5.68. The van der Waals surface area contributed by atoms with Gasteiger partial charge in [0.05, 0.1) is 0 Å². The highest BCUT2D eigenvalue weighted by Gasteiger charge is 2.23. The molecule has 2 aliphatic rings. The van der Waals surface area contributed by atoms with E-state index in [4.69, 9.17) is 0 Å². The first-order valence-corrected chi connectivity index (χ1v) is 8.27. The third-order valence-electron chi connectivity index (χ3n) is 4.29. The number of hydrogen-bond acceptors (Lipinski definition) is 3. The Kier molecular flexibility index (Phi) is 4.81. The van der Waals surface area contributed by atoms with Gasteiger partial charge >= 0.3 is 6.03 Å². The van der Waals surface area contributed by atoms with Crippen LogP contribution in [0.1, 0.15) is 29.6 Å². The second kappa shape index (κ2) is 7.00. The third-order valence-corrected chi connectivity index (χ3v) is 4.29. The van der Waals surface area contributed by atoms with Crippen LogP contribution >= 0.6 is 0 Å². The molecule has 0 bridgehead atoms. The predicted octanol–water partition coefficient (Wildman–Crippen LogP) is 1.75. The molecule has 0 atom stereocenters. The number of carbonyl (C=O) groups is 2. The lowest BCUT2D eigenvalue weighted by Gasteiger charge is -2.21. The lowest BCUT2D eigenvalue weighted by molar-refractivity contribution is 0.0763. The Hall–Kier alpha value is -2.08. The van der Waals surface area contributed by atoms with Gasteiger partial charge in [0.2, 0.25) is 0 Å². The van der Waals surface area contributed by atoms with Crippen molar-refractivity contribution in [2.75, 3.05) is 38.5 Å². The van der Waals surface area contributed by atoms with Crippen molar-refractivity contribution in [1.82, 2.24) is 15.1 Å². The Labute approximate surface area is 136 Å². The highest BCUT2D eigenvalue weighted by molar-refractivity contribution is 5.97. The maximum absolute atomic E-state index is 12.7. The van der Waals surface area contributed by atoms with Gasteiger partial charge in [-0.25, -0.2) is 4.79 Å². The van der Waals surface area contributed by atoms with Crippen LogP contribution in [0.2, 0.25) is 0 Å². The fourth-order valence-corrected chi connectivity index (χ4v) is 2.74. The monoisotopic (exact) mass is 316 g/mol. The van der Waals surface area contributed by atoms with Crippen molar-refractivity contribution in [1.29, 1.82) is 0 Å². The summed E-state index contributed by atoms with van der Waals surface area (Å²) < 4.78 is 0. The molecular formula is C17H24N4O2. The van der Waals surface area contributed by atoms with Gasteiger partial charge in [-0.05, 0) is 51.1 Å². The molecule has 1 aliphatic carbocycles. The standard InChI is InChI=1S/C17H24N4O2/c1-20-8-3-9-21(11-10-20)16(22)13-4-2-5-15(12-13)19-17(23)18-14-6-7-14/h2,4-5,12,14H,3,6-11H2,1H3,(H2,18,19,23). The number of hydrogen-bond donors (Lipinski definition) is 2. The van der Waals surface area contributed by atoms with Gasteiger partial charge in [0, 0.05) is 36.9 Å². The van der Waals surface area contributed by atoms with E-state index in [1.807, 2.05) is 11.0 Å². The lowest BCUT2D eigenvalue weighted by Crippen LogP contribution is -2.34. The molecule has 2 fully saturated rings. The molecule has 3 rings (SSSR count). The van der Waals surface area contributed by atoms with Crippen LogP contribution in [0.3, 0.4) is 0 Å². The van der Waals surface area contributed by atoms with E-state index in [2.05, 4.69) is 22.6 Å². The molecule has 6 heteroatoms. The van der Waals surface area contributed by atoms with Gasteiger partial charge in [0.1, 0.15) is 0 Å². The van der Waals surface area contributed by atoms with Gasteiger partial charge in [0.25, 0.3) is 5.91 Å². The van der Waals surface area contributed by atoms with Crippen LogP contribution in [-0.4, -0.2) is 61.0 Å². The van der Waals surface area contributed by atoms with Gasteiger partial charge < -0.3 is 20.4 Å². The molecule has 0 radical (unpaired) electrons. The summed E-state index contributed by atoms with van der Waals surface area (Å²) in [5.41, 5.74) is 1.28. The first-order chi connectivity index (χ1) is 11.1. The first kappa shape index (κ1) is 15.8. The molecule has 1 saturated carbocycles. The van der Waals surface area contributed by atoms with Crippen molar-refractivity contribution >= 4 is 17.6 Å². The van der Waals surface area contributed by atoms with Crippen molar-refractivity contribution in [2.24, 2.45) is 0 Å². The summed E-state index contributed by atoms with van der Waals surface area (Å²) in [4.78, 5) is 28.6. The predicted molar refractivity (Wildman–Crippen MR) is 89.6 cm³/mol. The summed E-state index contributed by atoms with van der Waals surface area (Å²) in [5.74, 6) is 0.0338. The van der Waals surface area contributed by atoms with E-state index < -0.39 is 0 Å². The second-order valence-electron chi connectivity index (χ2n) is 6.40. The van der Waals surface area contributed by atoms with Gasteiger partial charge in [0.15, 0.2) is 0 Å². The Bertz CT molecular complexity index is 586. The van der Waals surface area contributed by atoms with Crippen LogP contribution in [0.5, 0.6) is 0 Å². The summed E-state index contributed by atoms with van der Waals surface area (Å²) in [6.45, 7) is 3.44. The van der Waals surface area contributed by atoms with Crippen molar-refractivity contribution in [2.45, 2.75) is 25.3 Å². The maximum atomic E-state index is 12.7. The fraction of sp³-hybridized carbons (Fsp3) is 0.529. The van der Waals surface area contributed by atoms with E-state index in [0.29, 0.717) is 17.3 Å². The average molecular weight is 316 g/mol. The van der Waals surface area contributed by atoms with Crippen molar-refractivity contribution in [3.05, 3.63) is 29.8 Å². The van der Waals surface area contributed by atoms with Crippen molar-refractivity contribution < 1.29 is 9.59 Å². The highest BCUT2D eigenvalue weighted by Crippen LogP contribution is 2.19. The van der Waals surface area contributed by atoms with Crippen molar-refractivity contribution in [3.8, 4) is 0 Å². The zero-order chi connectivity index (χ0) is 16.2. The minimum atomic E-state index is -0.200. The Morgan fingerprint density at radius 1 is 1.13 bits per heavy atom. The van der Waals surface area contributed by atoms with Crippen LogP contribution in [0.25, 0.3) is 0 Å². The molecule has 1 saturated heterocycles. The normalized spacial score (nSPS) is 19.1. The average Bonchev–Trinajstić information content (AvgIpc) is 3.35. The molecule has 1 aromatic carbocycles. The molecule has 3 amide bonds. The smallest absolute Gasteiger partial charge is 0.319 e. The number of carbonyl (C=O) groups excluding carboxylic acids is 2. The molecule has 2 N–H and O–H groups in total. The molecule has 0 spiro atoms. The Morgan fingerprint density at radius 2 is 1.96 bits per heavy atom. The Balaban J connectivity index is 1.63. The number of benzene rings is 1. The zero-order valence-corrected chi connectivity index (χ0v) is 13.5. The van der Waals surface area contributed by atoms with E-state index in [1.165, 1.54) is 0 Å². The second-order valence-corrected chi connectivity index (χ2v) is 6.40. The SMILES string of the molecule is CN1CCCN(C(=O)c2cccc(NC(=O)NC3CC3)c2)CC1. The van der Waals surface area contributed by atoms with Crippen LogP contribution < -0.4 is 10.6 Å². The number of nitrogens with one attached hydrogen (secondary N) is 2. The minimum absolute atomic E-state index is 0.0338. The largest absolute Gasteiger partial charge is 0.337 e.